The molecule has 0 aromatic rings. The minimum absolute atomic E-state index is 0.390. The first-order valence-corrected chi connectivity index (χ1v) is 6.53. The van der Waals surface area contributed by atoms with Crippen LogP contribution < -0.4 is 0 Å². The lowest BCUT2D eigenvalue weighted by molar-refractivity contribution is 0.115. The van der Waals surface area contributed by atoms with E-state index in [0.717, 1.165) is 5.92 Å². The van der Waals surface area contributed by atoms with Gasteiger partial charge < -0.3 is 0 Å². The summed E-state index contributed by atoms with van der Waals surface area (Å²) in [5.41, 5.74) is 2.48. The molecule has 0 aliphatic heterocycles. The van der Waals surface area contributed by atoms with Crippen molar-refractivity contribution in [2.75, 3.05) is 0 Å². The van der Waals surface area contributed by atoms with Gasteiger partial charge in [-0.05, 0) is 36.0 Å². The molecule has 0 heterocycles. The van der Waals surface area contributed by atoms with E-state index in [9.17, 15) is 0 Å². The Kier molecular flexibility index (Phi) is 3.68. The fourth-order valence-corrected chi connectivity index (χ4v) is 2.67. The number of hydrogen-bond donors (Lipinski definition) is 0. The van der Waals surface area contributed by atoms with Crippen molar-refractivity contribution in [2.45, 2.75) is 67.2 Å². The summed E-state index contributed by atoms with van der Waals surface area (Å²) in [6, 6.07) is 0. The van der Waals surface area contributed by atoms with Gasteiger partial charge in [-0.25, -0.2) is 0 Å². The monoisotopic (exact) mass is 208 g/mol. The summed E-state index contributed by atoms with van der Waals surface area (Å²) in [6.45, 7) is 14.2. The maximum Gasteiger partial charge on any atom is -0.00926 e. The first kappa shape index (κ1) is 12.8. The molecule has 2 unspecified atom stereocenters. The predicted octanol–water partition coefficient (Wildman–Crippen LogP) is 5.20. The van der Waals surface area contributed by atoms with Gasteiger partial charge in [0.1, 0.15) is 0 Å². The molecular formula is C15H28. The molecule has 0 aromatic heterocycles. The van der Waals surface area contributed by atoms with E-state index in [1.807, 2.05) is 0 Å². The topological polar surface area (TPSA) is 0 Å². The van der Waals surface area contributed by atoms with Gasteiger partial charge in [-0.3, -0.25) is 0 Å². The van der Waals surface area contributed by atoms with Crippen LogP contribution in [0.25, 0.3) is 0 Å². The van der Waals surface area contributed by atoms with E-state index in [1.54, 1.807) is 5.57 Å². The van der Waals surface area contributed by atoms with Crippen molar-refractivity contribution in [3.8, 4) is 0 Å². The minimum atomic E-state index is 0.390. The molecule has 0 heteroatoms. The van der Waals surface area contributed by atoms with Crippen molar-refractivity contribution in [3.05, 3.63) is 11.6 Å². The lowest BCUT2D eigenvalue weighted by Crippen LogP contribution is -2.35. The third-order valence-electron chi connectivity index (χ3n) is 4.53. The fourth-order valence-electron chi connectivity index (χ4n) is 2.67. The summed E-state index contributed by atoms with van der Waals surface area (Å²) in [5, 5.41) is 0. The molecule has 0 saturated carbocycles. The third-order valence-corrected chi connectivity index (χ3v) is 4.53. The smallest absolute Gasteiger partial charge is 0.00926 e. The van der Waals surface area contributed by atoms with E-state index in [-0.39, 0.29) is 0 Å². The summed E-state index contributed by atoms with van der Waals surface area (Å²) in [6.07, 6.45) is 7.87. The van der Waals surface area contributed by atoms with Crippen molar-refractivity contribution < 1.29 is 0 Å². The van der Waals surface area contributed by atoms with Gasteiger partial charge in [0.2, 0.25) is 0 Å². The lowest BCUT2D eigenvalue weighted by Gasteiger charge is -2.45. The lowest BCUT2D eigenvalue weighted by atomic mass is 9.59. The summed E-state index contributed by atoms with van der Waals surface area (Å²) in [5.74, 6) is 0.911. The maximum absolute atomic E-state index is 2.58. The second-order valence-electron chi connectivity index (χ2n) is 6.51. The molecule has 2 atom stereocenters. The Hall–Kier alpha value is -0.260. The molecule has 15 heavy (non-hydrogen) atoms. The van der Waals surface area contributed by atoms with Crippen LogP contribution in [-0.2, 0) is 0 Å². The average Bonchev–Trinajstić information content (AvgIpc) is 2.15. The van der Waals surface area contributed by atoms with Crippen LogP contribution in [0, 0.1) is 16.7 Å². The normalized spacial score (nSPS) is 32.7. The van der Waals surface area contributed by atoms with Crippen molar-refractivity contribution in [1.82, 2.24) is 0 Å². The maximum atomic E-state index is 2.58. The molecule has 1 aliphatic rings. The van der Waals surface area contributed by atoms with Crippen LogP contribution in [0.2, 0.25) is 0 Å². The van der Waals surface area contributed by atoms with E-state index in [1.165, 1.54) is 25.7 Å². The van der Waals surface area contributed by atoms with Gasteiger partial charge in [-0.1, -0.05) is 59.6 Å². The molecule has 88 valence electrons. The Labute approximate surface area is 96.2 Å². The van der Waals surface area contributed by atoms with Gasteiger partial charge in [0, 0.05) is 0 Å². The van der Waals surface area contributed by atoms with Gasteiger partial charge >= 0.3 is 0 Å². The molecule has 1 aliphatic carbocycles. The van der Waals surface area contributed by atoms with E-state index in [2.05, 4.69) is 47.6 Å². The highest BCUT2D eigenvalue weighted by Gasteiger charge is 2.39. The summed E-state index contributed by atoms with van der Waals surface area (Å²) >= 11 is 0. The molecule has 0 N–H and O–H groups in total. The van der Waals surface area contributed by atoms with Gasteiger partial charge in [-0.2, -0.15) is 0 Å². The quantitative estimate of drug-likeness (QED) is 0.547. The summed E-state index contributed by atoms with van der Waals surface area (Å²) in [7, 11) is 0. The van der Waals surface area contributed by atoms with E-state index >= 15 is 0 Å². The summed E-state index contributed by atoms with van der Waals surface area (Å²) < 4.78 is 0. The van der Waals surface area contributed by atoms with Crippen molar-refractivity contribution in [2.24, 2.45) is 16.7 Å². The highest BCUT2D eigenvalue weighted by Crippen LogP contribution is 2.50. The van der Waals surface area contributed by atoms with Gasteiger partial charge in [0.15, 0.2) is 0 Å². The van der Waals surface area contributed by atoms with Crippen LogP contribution in [0.3, 0.4) is 0 Å². The Balaban J connectivity index is 2.98. The summed E-state index contributed by atoms with van der Waals surface area (Å²) in [4.78, 5) is 0. The minimum Gasteiger partial charge on any atom is -0.0788 e. The Morgan fingerprint density at radius 1 is 1.33 bits per heavy atom. The molecule has 0 spiro atoms. The first-order valence-electron chi connectivity index (χ1n) is 6.53. The molecule has 0 radical (unpaired) electrons. The number of rotatable bonds is 2. The van der Waals surface area contributed by atoms with E-state index in [0.29, 0.717) is 10.8 Å². The molecule has 0 saturated heterocycles. The zero-order chi connectivity index (χ0) is 11.7. The van der Waals surface area contributed by atoms with Gasteiger partial charge in [0.05, 0.1) is 0 Å². The van der Waals surface area contributed by atoms with Crippen LogP contribution in [0.1, 0.15) is 67.2 Å². The fraction of sp³-hybridized carbons (Fsp3) is 0.867. The average molecular weight is 208 g/mol. The zero-order valence-electron chi connectivity index (χ0n) is 11.5. The van der Waals surface area contributed by atoms with E-state index in [4.69, 9.17) is 0 Å². The van der Waals surface area contributed by atoms with Crippen LogP contribution in [0.15, 0.2) is 11.6 Å². The second kappa shape index (κ2) is 4.31. The molecular weight excluding hydrogens is 180 g/mol. The highest BCUT2D eigenvalue weighted by atomic mass is 14.4. The first-order chi connectivity index (χ1) is 6.82. The van der Waals surface area contributed by atoms with Crippen molar-refractivity contribution >= 4 is 0 Å². The standard InChI is InChI=1S/C15H28/c1-7-12-9-13(8-2)11-15(6,10-12)14(3,4)5/h10,13H,7-9,11H2,1-6H3. The third kappa shape index (κ3) is 2.65. The molecule has 0 bridgehead atoms. The van der Waals surface area contributed by atoms with Crippen LogP contribution in [0.5, 0.6) is 0 Å². The van der Waals surface area contributed by atoms with E-state index < -0.39 is 0 Å². The second-order valence-corrected chi connectivity index (χ2v) is 6.51. The van der Waals surface area contributed by atoms with Crippen LogP contribution >= 0.6 is 0 Å². The van der Waals surface area contributed by atoms with Gasteiger partial charge in [0.25, 0.3) is 0 Å². The molecule has 1 rings (SSSR count). The molecule has 0 amide bonds. The van der Waals surface area contributed by atoms with Crippen LogP contribution in [0.4, 0.5) is 0 Å². The van der Waals surface area contributed by atoms with Crippen molar-refractivity contribution in [3.63, 3.8) is 0 Å². The SMILES string of the molecule is CCC1=CC(C)(C(C)(C)C)CC(CC)C1. The highest BCUT2D eigenvalue weighted by molar-refractivity contribution is 5.16. The van der Waals surface area contributed by atoms with Crippen LogP contribution in [-0.4, -0.2) is 0 Å². The molecule has 0 aromatic carbocycles. The predicted molar refractivity (Wildman–Crippen MR) is 69.0 cm³/mol. The molecule has 0 nitrogen and oxygen atoms in total. The zero-order valence-corrected chi connectivity index (χ0v) is 11.5. The number of allylic oxidation sites excluding steroid dienone is 2. The Morgan fingerprint density at radius 3 is 2.33 bits per heavy atom. The number of hydrogen-bond acceptors (Lipinski definition) is 0. The van der Waals surface area contributed by atoms with Gasteiger partial charge in [-0.15, -0.1) is 0 Å². The molecule has 0 fully saturated rings. The largest absolute Gasteiger partial charge is 0.0788 e. The Bertz CT molecular complexity index is 241. The van der Waals surface area contributed by atoms with Crippen molar-refractivity contribution in [1.29, 1.82) is 0 Å². The Morgan fingerprint density at radius 2 is 1.93 bits per heavy atom.